The minimum Gasteiger partial charge on any atom is -0.352 e. The number of nitrogens with one attached hydrogen (secondary N) is 2. The minimum absolute atomic E-state index is 0.0800. The van der Waals surface area contributed by atoms with E-state index in [9.17, 15) is 4.79 Å². The molecule has 122 valence electrons. The average molecular weight is 330 g/mol. The van der Waals surface area contributed by atoms with Crippen molar-refractivity contribution in [1.29, 1.82) is 0 Å². The largest absolute Gasteiger partial charge is 0.352 e. The van der Waals surface area contributed by atoms with Gasteiger partial charge in [0.1, 0.15) is 6.33 Å². The normalized spacial score (nSPS) is 21.0. The van der Waals surface area contributed by atoms with Crippen molar-refractivity contribution in [2.24, 2.45) is 5.92 Å². The molecule has 1 aliphatic carbocycles. The van der Waals surface area contributed by atoms with Gasteiger partial charge in [0.2, 0.25) is 5.91 Å². The van der Waals surface area contributed by atoms with Crippen LogP contribution in [0.25, 0.3) is 0 Å². The summed E-state index contributed by atoms with van der Waals surface area (Å²) >= 11 is 1.39. The third-order valence-corrected chi connectivity index (χ3v) is 5.21. The van der Waals surface area contributed by atoms with Crippen molar-refractivity contribution in [1.82, 2.24) is 20.5 Å². The number of thioether (sulfide) groups is 1. The van der Waals surface area contributed by atoms with Gasteiger partial charge in [-0.05, 0) is 30.7 Å². The molecule has 2 aromatic rings. The Kier molecular flexibility index (Phi) is 5.69. The lowest BCUT2D eigenvalue weighted by Gasteiger charge is -2.32. The molecule has 0 aliphatic heterocycles. The summed E-state index contributed by atoms with van der Waals surface area (Å²) in [6.07, 6.45) is 7.23. The molecule has 0 bridgehead atoms. The lowest BCUT2D eigenvalue weighted by molar-refractivity contribution is -0.119. The molecule has 23 heavy (non-hydrogen) atoms. The van der Waals surface area contributed by atoms with Crippen LogP contribution in [0.5, 0.6) is 0 Å². The van der Waals surface area contributed by atoms with Crippen LogP contribution >= 0.6 is 11.8 Å². The number of carbonyl (C=O) groups excluding carboxylic acids is 1. The number of nitrogens with zero attached hydrogens (tertiary/aromatic N) is 2. The molecule has 1 fully saturated rings. The fourth-order valence-electron chi connectivity index (χ4n) is 3.21. The van der Waals surface area contributed by atoms with E-state index in [0.29, 0.717) is 16.8 Å². The van der Waals surface area contributed by atoms with Gasteiger partial charge >= 0.3 is 0 Å². The molecule has 2 atom stereocenters. The molecule has 0 spiro atoms. The van der Waals surface area contributed by atoms with E-state index >= 15 is 0 Å². The van der Waals surface area contributed by atoms with Gasteiger partial charge in [0.05, 0.1) is 5.75 Å². The van der Waals surface area contributed by atoms with Crippen LogP contribution in [0.15, 0.2) is 41.8 Å². The van der Waals surface area contributed by atoms with E-state index in [1.807, 2.05) is 6.07 Å². The van der Waals surface area contributed by atoms with Crippen molar-refractivity contribution < 1.29 is 4.79 Å². The van der Waals surface area contributed by atoms with Gasteiger partial charge in [-0.15, -0.1) is 0 Å². The predicted octanol–water partition coefficient (Wildman–Crippen LogP) is 2.81. The summed E-state index contributed by atoms with van der Waals surface area (Å²) in [5, 5.41) is 10.5. The number of carbonyl (C=O) groups is 1. The SMILES string of the molecule is O=C(CSc1ncn[nH]1)N[C@H]1CCCC[C@H]1Cc1ccccc1. The molecule has 3 rings (SSSR count). The minimum atomic E-state index is 0.0800. The van der Waals surface area contributed by atoms with E-state index in [1.54, 1.807) is 0 Å². The Hall–Kier alpha value is -1.82. The summed E-state index contributed by atoms with van der Waals surface area (Å²) in [7, 11) is 0. The van der Waals surface area contributed by atoms with Gasteiger partial charge in [-0.25, -0.2) is 4.98 Å². The van der Waals surface area contributed by atoms with Gasteiger partial charge < -0.3 is 5.32 Å². The molecule has 0 saturated heterocycles. The van der Waals surface area contributed by atoms with Gasteiger partial charge in [-0.1, -0.05) is 54.9 Å². The van der Waals surface area contributed by atoms with Crippen molar-refractivity contribution >= 4 is 17.7 Å². The number of hydrogen-bond acceptors (Lipinski definition) is 4. The predicted molar refractivity (Wildman–Crippen MR) is 91.1 cm³/mol. The molecule has 0 radical (unpaired) electrons. The number of hydrogen-bond donors (Lipinski definition) is 2. The first-order valence-corrected chi connectivity index (χ1v) is 9.11. The van der Waals surface area contributed by atoms with Crippen molar-refractivity contribution in [2.45, 2.75) is 43.3 Å². The topological polar surface area (TPSA) is 70.7 Å². The number of rotatable bonds is 6. The molecule has 1 aromatic heterocycles. The Morgan fingerprint density at radius 3 is 2.87 bits per heavy atom. The fraction of sp³-hybridized carbons (Fsp3) is 0.471. The monoisotopic (exact) mass is 330 g/mol. The number of benzene rings is 1. The van der Waals surface area contributed by atoms with Crippen LogP contribution in [0.1, 0.15) is 31.2 Å². The summed E-state index contributed by atoms with van der Waals surface area (Å²) in [6, 6.07) is 10.8. The fourth-order valence-corrected chi connectivity index (χ4v) is 3.80. The summed E-state index contributed by atoms with van der Waals surface area (Å²) in [4.78, 5) is 16.2. The first kappa shape index (κ1) is 16.1. The maximum atomic E-state index is 12.2. The zero-order valence-electron chi connectivity index (χ0n) is 13.1. The Morgan fingerprint density at radius 1 is 1.26 bits per heavy atom. The van der Waals surface area contributed by atoms with E-state index in [0.717, 1.165) is 12.8 Å². The second-order valence-electron chi connectivity index (χ2n) is 5.99. The number of aromatic nitrogens is 3. The molecule has 1 aromatic carbocycles. The van der Waals surface area contributed by atoms with Crippen LogP contribution in [-0.4, -0.2) is 32.9 Å². The highest BCUT2D eigenvalue weighted by molar-refractivity contribution is 7.99. The second kappa shape index (κ2) is 8.15. The van der Waals surface area contributed by atoms with Crippen molar-refractivity contribution in [3.05, 3.63) is 42.2 Å². The summed E-state index contributed by atoms with van der Waals surface area (Å²) < 4.78 is 0. The van der Waals surface area contributed by atoms with Crippen molar-refractivity contribution in [3.8, 4) is 0 Å². The lowest BCUT2D eigenvalue weighted by Crippen LogP contribution is -2.43. The molecule has 1 heterocycles. The van der Waals surface area contributed by atoms with Crippen LogP contribution in [0, 0.1) is 5.92 Å². The standard InChI is InChI=1S/C17H22N4OS/c22-16(11-23-17-18-12-19-21-17)20-15-9-5-4-8-14(15)10-13-6-2-1-3-7-13/h1-3,6-7,12,14-15H,4-5,8-11H2,(H,20,22)(H,18,19,21)/t14-,15-/m0/s1. The number of H-pyrrole nitrogens is 1. The number of amides is 1. The van der Waals surface area contributed by atoms with Crippen LogP contribution in [0.2, 0.25) is 0 Å². The smallest absolute Gasteiger partial charge is 0.230 e. The molecular formula is C17H22N4OS. The Bertz CT molecular complexity index is 602. The van der Waals surface area contributed by atoms with Gasteiger partial charge in [-0.3, -0.25) is 9.89 Å². The Balaban J connectivity index is 1.52. The third kappa shape index (κ3) is 4.82. The van der Waals surface area contributed by atoms with Gasteiger partial charge in [0.15, 0.2) is 5.16 Å². The van der Waals surface area contributed by atoms with Crippen molar-refractivity contribution in [2.75, 3.05) is 5.75 Å². The molecular weight excluding hydrogens is 308 g/mol. The third-order valence-electron chi connectivity index (χ3n) is 4.33. The average Bonchev–Trinajstić information content (AvgIpc) is 3.09. The van der Waals surface area contributed by atoms with E-state index in [4.69, 9.17) is 0 Å². The first-order valence-electron chi connectivity index (χ1n) is 8.13. The first-order chi connectivity index (χ1) is 11.3. The molecule has 1 amide bonds. The Labute approximate surface area is 140 Å². The highest BCUT2D eigenvalue weighted by Gasteiger charge is 2.26. The zero-order valence-corrected chi connectivity index (χ0v) is 13.9. The van der Waals surface area contributed by atoms with Crippen molar-refractivity contribution in [3.63, 3.8) is 0 Å². The van der Waals surface area contributed by atoms with E-state index in [2.05, 4.69) is 44.8 Å². The maximum absolute atomic E-state index is 12.2. The quantitative estimate of drug-likeness (QED) is 0.799. The highest BCUT2D eigenvalue weighted by atomic mass is 32.2. The van der Waals surface area contributed by atoms with Gasteiger partial charge in [0, 0.05) is 6.04 Å². The summed E-state index contributed by atoms with van der Waals surface area (Å²) in [5.74, 6) is 0.991. The van der Waals surface area contributed by atoms with E-state index < -0.39 is 0 Å². The molecule has 2 N–H and O–H groups in total. The van der Waals surface area contributed by atoms with Crippen LogP contribution < -0.4 is 5.32 Å². The maximum Gasteiger partial charge on any atom is 0.230 e. The van der Waals surface area contributed by atoms with Gasteiger partial charge in [-0.2, -0.15) is 5.10 Å². The molecule has 1 aliphatic rings. The zero-order chi connectivity index (χ0) is 15.9. The van der Waals surface area contributed by atoms with Crippen LogP contribution in [0.4, 0.5) is 0 Å². The highest BCUT2D eigenvalue weighted by Crippen LogP contribution is 2.27. The van der Waals surface area contributed by atoms with Crippen LogP contribution in [0.3, 0.4) is 0 Å². The molecule has 1 saturated carbocycles. The molecule has 6 heteroatoms. The molecule has 5 nitrogen and oxygen atoms in total. The van der Waals surface area contributed by atoms with Crippen LogP contribution in [-0.2, 0) is 11.2 Å². The lowest BCUT2D eigenvalue weighted by atomic mass is 9.80. The number of aromatic amines is 1. The second-order valence-corrected chi connectivity index (χ2v) is 6.95. The van der Waals surface area contributed by atoms with Gasteiger partial charge in [0.25, 0.3) is 0 Å². The molecule has 0 unspecified atom stereocenters. The summed E-state index contributed by atoms with van der Waals surface area (Å²) in [5.41, 5.74) is 1.36. The summed E-state index contributed by atoms with van der Waals surface area (Å²) in [6.45, 7) is 0. The Morgan fingerprint density at radius 2 is 2.09 bits per heavy atom. The van der Waals surface area contributed by atoms with E-state index in [1.165, 1.54) is 42.9 Å². The van der Waals surface area contributed by atoms with E-state index in [-0.39, 0.29) is 11.9 Å².